The Morgan fingerprint density at radius 3 is 2.62 bits per heavy atom. The Kier molecular flexibility index (Phi) is 6.17. The summed E-state index contributed by atoms with van der Waals surface area (Å²) in [6.45, 7) is 3.39. The van der Waals surface area contributed by atoms with Crippen molar-refractivity contribution in [3.05, 3.63) is 29.8 Å². The third kappa shape index (κ3) is 4.71. The van der Waals surface area contributed by atoms with E-state index in [1.54, 1.807) is 36.1 Å². The number of primary amides is 1. The Hall–Kier alpha value is -2.57. The van der Waals surface area contributed by atoms with Gasteiger partial charge in [-0.2, -0.15) is 0 Å². The third-order valence-electron chi connectivity index (χ3n) is 4.06. The van der Waals surface area contributed by atoms with Crippen LogP contribution in [0.1, 0.15) is 30.1 Å². The number of likely N-dealkylation sites (tertiary alicyclic amines) is 1. The Bertz CT molecular complexity index is 610. The fraction of sp³-hybridized carbons (Fsp3) is 0.471. The molecular weight excluding hydrogens is 310 g/mol. The highest BCUT2D eigenvalue weighted by Gasteiger charge is 2.27. The molecule has 0 saturated carbocycles. The van der Waals surface area contributed by atoms with Crippen LogP contribution in [0.25, 0.3) is 0 Å². The summed E-state index contributed by atoms with van der Waals surface area (Å²) in [7, 11) is 0. The third-order valence-corrected chi connectivity index (χ3v) is 4.06. The van der Waals surface area contributed by atoms with Crippen LogP contribution in [0.4, 0.5) is 5.69 Å². The maximum atomic E-state index is 12.2. The first-order valence-corrected chi connectivity index (χ1v) is 8.09. The maximum absolute atomic E-state index is 12.2. The first-order valence-electron chi connectivity index (χ1n) is 8.09. The molecule has 1 saturated heterocycles. The second-order valence-electron chi connectivity index (χ2n) is 5.71. The minimum absolute atomic E-state index is 0.0400. The van der Waals surface area contributed by atoms with E-state index < -0.39 is 5.91 Å². The SMILES string of the molecule is CCOC(=O)C1CCN(C(=O)CNc2cccc(C(N)=O)c2)CC1. The Balaban J connectivity index is 1.81. The van der Waals surface area contributed by atoms with Gasteiger partial charge in [0.15, 0.2) is 0 Å². The molecule has 0 radical (unpaired) electrons. The monoisotopic (exact) mass is 333 g/mol. The summed E-state index contributed by atoms with van der Waals surface area (Å²) in [5.74, 6) is -0.840. The fourth-order valence-electron chi connectivity index (χ4n) is 2.70. The Labute approximate surface area is 141 Å². The summed E-state index contributed by atoms with van der Waals surface area (Å²) >= 11 is 0. The predicted molar refractivity (Wildman–Crippen MR) is 89.4 cm³/mol. The first kappa shape index (κ1) is 17.8. The number of benzene rings is 1. The number of rotatable bonds is 6. The quantitative estimate of drug-likeness (QED) is 0.756. The number of nitrogens with zero attached hydrogens (tertiary/aromatic N) is 1. The molecule has 2 rings (SSSR count). The zero-order valence-corrected chi connectivity index (χ0v) is 13.8. The second kappa shape index (κ2) is 8.33. The summed E-state index contributed by atoms with van der Waals surface area (Å²) in [4.78, 5) is 36.8. The molecule has 130 valence electrons. The van der Waals surface area contributed by atoms with E-state index in [-0.39, 0.29) is 24.3 Å². The number of carbonyl (C=O) groups is 3. The van der Waals surface area contributed by atoms with E-state index in [0.717, 1.165) is 0 Å². The lowest BCUT2D eigenvalue weighted by atomic mass is 9.97. The molecule has 2 amide bonds. The van der Waals surface area contributed by atoms with Crippen LogP contribution in [0.2, 0.25) is 0 Å². The number of ether oxygens (including phenoxy) is 1. The largest absolute Gasteiger partial charge is 0.466 e. The highest BCUT2D eigenvalue weighted by Crippen LogP contribution is 2.19. The molecule has 24 heavy (non-hydrogen) atoms. The van der Waals surface area contributed by atoms with Crippen LogP contribution in [-0.2, 0) is 14.3 Å². The van der Waals surface area contributed by atoms with Crippen molar-refractivity contribution in [2.45, 2.75) is 19.8 Å². The summed E-state index contributed by atoms with van der Waals surface area (Å²) in [5.41, 5.74) is 6.29. The number of hydrogen-bond donors (Lipinski definition) is 2. The lowest BCUT2D eigenvalue weighted by molar-refractivity contribution is -0.151. The van der Waals surface area contributed by atoms with E-state index in [1.165, 1.54) is 0 Å². The van der Waals surface area contributed by atoms with E-state index >= 15 is 0 Å². The van der Waals surface area contributed by atoms with Crippen LogP contribution in [0.15, 0.2) is 24.3 Å². The van der Waals surface area contributed by atoms with Crippen molar-refractivity contribution >= 4 is 23.5 Å². The molecule has 7 heteroatoms. The van der Waals surface area contributed by atoms with Crippen molar-refractivity contribution in [1.82, 2.24) is 4.90 Å². The van der Waals surface area contributed by atoms with Gasteiger partial charge < -0.3 is 20.7 Å². The van der Waals surface area contributed by atoms with Crippen molar-refractivity contribution in [3.8, 4) is 0 Å². The standard InChI is InChI=1S/C17H23N3O4/c1-2-24-17(23)12-6-8-20(9-7-12)15(21)11-19-14-5-3-4-13(10-14)16(18)22/h3-5,10,12,19H,2,6-9,11H2,1H3,(H2,18,22). The van der Waals surface area contributed by atoms with Gasteiger partial charge in [0.1, 0.15) is 0 Å². The van der Waals surface area contributed by atoms with Crippen LogP contribution in [0.3, 0.4) is 0 Å². The topological polar surface area (TPSA) is 102 Å². The Morgan fingerprint density at radius 1 is 1.29 bits per heavy atom. The predicted octanol–water partition coefficient (Wildman–Crippen LogP) is 0.999. The average Bonchev–Trinajstić information content (AvgIpc) is 2.60. The molecule has 1 aliphatic heterocycles. The van der Waals surface area contributed by atoms with Crippen LogP contribution in [0.5, 0.6) is 0 Å². The van der Waals surface area contributed by atoms with Gasteiger partial charge in [-0.1, -0.05) is 6.07 Å². The van der Waals surface area contributed by atoms with Crippen LogP contribution >= 0.6 is 0 Å². The lowest BCUT2D eigenvalue weighted by Gasteiger charge is -2.31. The molecule has 0 unspecified atom stereocenters. The molecular formula is C17H23N3O4. The van der Waals surface area contributed by atoms with E-state index in [9.17, 15) is 14.4 Å². The van der Waals surface area contributed by atoms with Gasteiger partial charge >= 0.3 is 5.97 Å². The lowest BCUT2D eigenvalue weighted by Crippen LogP contribution is -2.43. The van der Waals surface area contributed by atoms with Crippen molar-refractivity contribution in [1.29, 1.82) is 0 Å². The molecule has 3 N–H and O–H groups in total. The number of esters is 1. The van der Waals surface area contributed by atoms with E-state index in [4.69, 9.17) is 10.5 Å². The van der Waals surface area contributed by atoms with E-state index in [0.29, 0.717) is 43.8 Å². The van der Waals surface area contributed by atoms with Gasteiger partial charge in [-0.3, -0.25) is 14.4 Å². The molecule has 1 aliphatic rings. The summed E-state index contributed by atoms with van der Waals surface area (Å²) < 4.78 is 5.02. The molecule has 0 aromatic heterocycles. The number of hydrogen-bond acceptors (Lipinski definition) is 5. The molecule has 1 fully saturated rings. The molecule has 7 nitrogen and oxygen atoms in total. The highest BCUT2D eigenvalue weighted by molar-refractivity contribution is 5.93. The van der Waals surface area contributed by atoms with Gasteiger partial charge in [0.05, 0.1) is 19.1 Å². The van der Waals surface area contributed by atoms with Crippen LogP contribution < -0.4 is 11.1 Å². The van der Waals surface area contributed by atoms with E-state index in [1.807, 2.05) is 0 Å². The molecule has 0 bridgehead atoms. The van der Waals surface area contributed by atoms with Gasteiger partial charge in [-0.05, 0) is 38.0 Å². The number of carbonyl (C=O) groups excluding carboxylic acids is 3. The number of amides is 2. The summed E-state index contributed by atoms with van der Waals surface area (Å²) in [6, 6.07) is 6.71. The smallest absolute Gasteiger partial charge is 0.309 e. The molecule has 1 aromatic carbocycles. The number of piperidine rings is 1. The zero-order valence-electron chi connectivity index (χ0n) is 13.8. The van der Waals surface area contributed by atoms with Crippen LogP contribution in [-0.4, -0.2) is 48.9 Å². The minimum Gasteiger partial charge on any atom is -0.466 e. The van der Waals surface area contributed by atoms with Crippen molar-refractivity contribution in [2.75, 3.05) is 31.6 Å². The van der Waals surface area contributed by atoms with Crippen molar-refractivity contribution in [2.24, 2.45) is 11.7 Å². The van der Waals surface area contributed by atoms with E-state index in [2.05, 4.69) is 5.32 Å². The molecule has 0 atom stereocenters. The van der Waals surface area contributed by atoms with Crippen LogP contribution in [0, 0.1) is 5.92 Å². The second-order valence-corrected chi connectivity index (χ2v) is 5.71. The molecule has 0 aliphatic carbocycles. The first-order chi connectivity index (χ1) is 11.5. The number of nitrogens with one attached hydrogen (secondary N) is 1. The van der Waals surface area contributed by atoms with Gasteiger partial charge in [0, 0.05) is 24.3 Å². The van der Waals surface area contributed by atoms with Gasteiger partial charge in [0.25, 0.3) is 0 Å². The Morgan fingerprint density at radius 2 is 2.00 bits per heavy atom. The molecule has 1 aromatic rings. The fourth-order valence-corrected chi connectivity index (χ4v) is 2.70. The zero-order chi connectivity index (χ0) is 17.5. The van der Waals surface area contributed by atoms with Gasteiger partial charge in [0.2, 0.25) is 11.8 Å². The summed E-state index contributed by atoms with van der Waals surface area (Å²) in [6.07, 6.45) is 1.25. The molecule has 0 spiro atoms. The normalized spacial score (nSPS) is 15.0. The number of anilines is 1. The van der Waals surface area contributed by atoms with Gasteiger partial charge in [-0.25, -0.2) is 0 Å². The highest BCUT2D eigenvalue weighted by atomic mass is 16.5. The van der Waals surface area contributed by atoms with Gasteiger partial charge in [-0.15, -0.1) is 0 Å². The minimum atomic E-state index is -0.508. The average molecular weight is 333 g/mol. The molecule has 1 heterocycles. The number of nitrogens with two attached hydrogens (primary N) is 1. The van der Waals surface area contributed by atoms with Crippen molar-refractivity contribution < 1.29 is 19.1 Å². The maximum Gasteiger partial charge on any atom is 0.309 e. The summed E-state index contributed by atoms with van der Waals surface area (Å²) in [5, 5.41) is 3.00. The van der Waals surface area contributed by atoms with Crippen molar-refractivity contribution in [3.63, 3.8) is 0 Å².